The van der Waals surface area contributed by atoms with Gasteiger partial charge in [0.2, 0.25) is 5.91 Å². The maximum atomic E-state index is 11.1. The van der Waals surface area contributed by atoms with Crippen LogP contribution in [0.1, 0.15) is 15.9 Å². The second-order valence-electron chi connectivity index (χ2n) is 4.69. The van der Waals surface area contributed by atoms with Crippen LogP contribution >= 0.6 is 0 Å². The fourth-order valence-electron chi connectivity index (χ4n) is 2.05. The molecule has 5 N–H and O–H groups in total. The first-order valence-electron chi connectivity index (χ1n) is 6.65. The van der Waals surface area contributed by atoms with E-state index in [4.69, 9.17) is 16.2 Å². The molecule has 0 bridgehead atoms. The third-order valence-electron chi connectivity index (χ3n) is 3.20. The fraction of sp³-hybridized carbons (Fsp3) is 0.188. The summed E-state index contributed by atoms with van der Waals surface area (Å²) in [4.78, 5) is 11.1. The monoisotopic (exact) mass is 285 g/mol. The lowest BCUT2D eigenvalue weighted by molar-refractivity contribution is 0.100. The van der Waals surface area contributed by atoms with Gasteiger partial charge in [-0.1, -0.05) is 18.2 Å². The van der Waals surface area contributed by atoms with Gasteiger partial charge in [0.1, 0.15) is 0 Å². The Morgan fingerprint density at radius 3 is 2.62 bits per heavy atom. The zero-order chi connectivity index (χ0) is 15.2. The summed E-state index contributed by atoms with van der Waals surface area (Å²) in [6.45, 7) is 0.648. The number of benzene rings is 2. The normalized spacial score (nSPS) is 10.3. The zero-order valence-electron chi connectivity index (χ0n) is 11.9. The average molecular weight is 285 g/mol. The number of primary amides is 1. The maximum absolute atomic E-state index is 11.1. The van der Waals surface area contributed by atoms with Crippen LogP contribution in [0.2, 0.25) is 0 Å². The Kier molecular flexibility index (Phi) is 4.79. The molecule has 0 aliphatic rings. The van der Waals surface area contributed by atoms with E-state index >= 15 is 0 Å². The van der Waals surface area contributed by atoms with E-state index in [0.29, 0.717) is 17.9 Å². The average Bonchev–Trinajstić information content (AvgIpc) is 2.48. The maximum Gasteiger partial charge on any atom is 0.248 e. The molecule has 5 nitrogen and oxygen atoms in total. The molecule has 1 amide bonds. The van der Waals surface area contributed by atoms with Crippen LogP contribution in [0.5, 0.6) is 0 Å². The van der Waals surface area contributed by atoms with Gasteiger partial charge in [-0.2, -0.15) is 0 Å². The molecule has 0 radical (unpaired) electrons. The summed E-state index contributed by atoms with van der Waals surface area (Å²) in [7, 11) is 1.68. The lowest BCUT2D eigenvalue weighted by Crippen LogP contribution is -2.11. The highest BCUT2D eigenvalue weighted by Crippen LogP contribution is 2.26. The van der Waals surface area contributed by atoms with E-state index in [1.165, 1.54) is 0 Å². The Morgan fingerprint density at radius 1 is 1.19 bits per heavy atom. The molecular formula is C16H19N3O2. The summed E-state index contributed by atoms with van der Waals surface area (Å²) in [5, 5.41) is 3.28. The topological polar surface area (TPSA) is 90.4 Å². The first-order valence-corrected chi connectivity index (χ1v) is 6.65. The van der Waals surface area contributed by atoms with Crippen LogP contribution in [0.3, 0.4) is 0 Å². The summed E-state index contributed by atoms with van der Waals surface area (Å²) in [5.74, 6) is -0.492. The molecule has 0 atom stereocenters. The second-order valence-corrected chi connectivity index (χ2v) is 4.69. The van der Waals surface area contributed by atoms with Gasteiger partial charge in [-0.15, -0.1) is 0 Å². The largest absolute Gasteiger partial charge is 0.397 e. The minimum Gasteiger partial charge on any atom is -0.397 e. The molecule has 5 heteroatoms. The summed E-state index contributed by atoms with van der Waals surface area (Å²) in [6.07, 6.45) is 0.805. The first kappa shape index (κ1) is 14.9. The molecule has 2 aromatic carbocycles. The Labute approximate surface area is 123 Å². The van der Waals surface area contributed by atoms with E-state index in [0.717, 1.165) is 23.4 Å². The molecule has 0 saturated heterocycles. The highest BCUT2D eigenvalue weighted by atomic mass is 16.5. The summed E-state index contributed by atoms with van der Waals surface area (Å²) >= 11 is 0. The van der Waals surface area contributed by atoms with Gasteiger partial charge in [-0.05, 0) is 36.2 Å². The third-order valence-corrected chi connectivity index (χ3v) is 3.20. The number of para-hydroxylation sites is 1. The molecule has 0 heterocycles. The minimum absolute atomic E-state index is 0.394. The van der Waals surface area contributed by atoms with Crippen molar-refractivity contribution in [1.82, 2.24) is 0 Å². The van der Waals surface area contributed by atoms with Crippen molar-refractivity contribution >= 4 is 23.0 Å². The van der Waals surface area contributed by atoms with E-state index in [-0.39, 0.29) is 0 Å². The van der Waals surface area contributed by atoms with Gasteiger partial charge in [-0.25, -0.2) is 0 Å². The lowest BCUT2D eigenvalue weighted by Gasteiger charge is -2.14. The Balaban J connectivity index is 2.24. The van der Waals surface area contributed by atoms with Crippen LogP contribution in [-0.2, 0) is 11.2 Å². The third kappa shape index (κ3) is 3.73. The van der Waals surface area contributed by atoms with Crippen molar-refractivity contribution in [3.8, 4) is 0 Å². The molecule has 2 aromatic rings. The van der Waals surface area contributed by atoms with E-state index < -0.39 is 5.91 Å². The van der Waals surface area contributed by atoms with E-state index in [1.807, 2.05) is 24.3 Å². The van der Waals surface area contributed by atoms with Gasteiger partial charge in [-0.3, -0.25) is 4.79 Å². The Bertz CT molecular complexity index is 641. The summed E-state index contributed by atoms with van der Waals surface area (Å²) in [6, 6.07) is 12.9. The molecule has 0 fully saturated rings. The number of carbonyl (C=O) groups is 1. The smallest absolute Gasteiger partial charge is 0.248 e. The lowest BCUT2D eigenvalue weighted by atomic mass is 10.1. The zero-order valence-corrected chi connectivity index (χ0v) is 11.9. The molecule has 0 saturated carbocycles. The van der Waals surface area contributed by atoms with Gasteiger partial charge < -0.3 is 21.5 Å². The Hall–Kier alpha value is -2.53. The van der Waals surface area contributed by atoms with Gasteiger partial charge >= 0.3 is 0 Å². The number of nitrogens with one attached hydrogen (secondary N) is 1. The number of ether oxygens (including phenoxy) is 1. The van der Waals surface area contributed by atoms with Crippen molar-refractivity contribution in [3.63, 3.8) is 0 Å². The molecule has 2 rings (SSSR count). The van der Waals surface area contributed by atoms with Crippen LogP contribution in [0.25, 0.3) is 0 Å². The van der Waals surface area contributed by atoms with Gasteiger partial charge in [0.15, 0.2) is 0 Å². The highest BCUT2D eigenvalue weighted by Gasteiger charge is 2.07. The van der Waals surface area contributed by atoms with Gasteiger partial charge in [0.05, 0.1) is 18.0 Å². The van der Waals surface area contributed by atoms with Crippen LogP contribution < -0.4 is 16.8 Å². The van der Waals surface area contributed by atoms with E-state index in [1.54, 1.807) is 25.3 Å². The predicted molar refractivity (Wildman–Crippen MR) is 84.7 cm³/mol. The second kappa shape index (κ2) is 6.76. The molecule has 0 spiro atoms. The number of hydrogen-bond donors (Lipinski definition) is 3. The van der Waals surface area contributed by atoms with Crippen molar-refractivity contribution in [2.45, 2.75) is 6.42 Å². The number of methoxy groups -OCH3 is 1. The standard InChI is InChI=1S/C16H19N3O2/c1-21-9-8-11-4-2-3-5-14(11)19-15-7-6-12(16(18)20)10-13(15)17/h2-7,10,19H,8-9,17H2,1H3,(H2,18,20). The summed E-state index contributed by atoms with van der Waals surface area (Å²) < 4.78 is 5.11. The molecule has 0 unspecified atom stereocenters. The number of amides is 1. The van der Waals surface area contributed by atoms with Crippen molar-refractivity contribution < 1.29 is 9.53 Å². The van der Waals surface area contributed by atoms with Crippen molar-refractivity contribution in [1.29, 1.82) is 0 Å². The van der Waals surface area contributed by atoms with Crippen molar-refractivity contribution in [3.05, 3.63) is 53.6 Å². The van der Waals surface area contributed by atoms with E-state index in [2.05, 4.69) is 5.32 Å². The number of rotatable bonds is 6. The van der Waals surface area contributed by atoms with Crippen LogP contribution in [0.4, 0.5) is 17.1 Å². The quantitative estimate of drug-likeness (QED) is 0.710. The van der Waals surface area contributed by atoms with Crippen LogP contribution in [0.15, 0.2) is 42.5 Å². The summed E-state index contributed by atoms with van der Waals surface area (Å²) in [5.41, 5.74) is 14.9. The molecule has 21 heavy (non-hydrogen) atoms. The number of hydrogen-bond acceptors (Lipinski definition) is 4. The van der Waals surface area contributed by atoms with Crippen molar-refractivity contribution in [2.24, 2.45) is 5.73 Å². The molecular weight excluding hydrogens is 266 g/mol. The van der Waals surface area contributed by atoms with Crippen LogP contribution in [-0.4, -0.2) is 19.6 Å². The number of nitrogen functional groups attached to an aromatic ring is 1. The van der Waals surface area contributed by atoms with Crippen molar-refractivity contribution in [2.75, 3.05) is 24.8 Å². The van der Waals surface area contributed by atoms with E-state index in [9.17, 15) is 4.79 Å². The SMILES string of the molecule is COCCc1ccccc1Nc1ccc(C(N)=O)cc1N. The molecule has 0 aromatic heterocycles. The van der Waals surface area contributed by atoms with Gasteiger partial charge in [0, 0.05) is 18.4 Å². The predicted octanol–water partition coefficient (Wildman–Crippen LogP) is 2.30. The fourth-order valence-corrected chi connectivity index (χ4v) is 2.05. The number of carbonyl (C=O) groups excluding carboxylic acids is 1. The molecule has 0 aliphatic heterocycles. The molecule has 110 valence electrons. The number of anilines is 3. The minimum atomic E-state index is -0.492. The van der Waals surface area contributed by atoms with Crippen LogP contribution in [0, 0.1) is 0 Å². The first-order chi connectivity index (χ1) is 10.1. The van der Waals surface area contributed by atoms with Gasteiger partial charge in [0.25, 0.3) is 0 Å². The molecule has 0 aliphatic carbocycles. The highest BCUT2D eigenvalue weighted by molar-refractivity contribution is 5.95. The Morgan fingerprint density at radius 2 is 1.95 bits per heavy atom. The number of nitrogens with two attached hydrogens (primary N) is 2.